The third kappa shape index (κ3) is 8.83. The van der Waals surface area contributed by atoms with Gasteiger partial charge in [0.15, 0.2) is 0 Å². The van der Waals surface area contributed by atoms with E-state index in [1.807, 2.05) is 0 Å². The summed E-state index contributed by atoms with van der Waals surface area (Å²) in [7, 11) is 0. The van der Waals surface area contributed by atoms with Crippen LogP contribution in [0, 0.1) is 26.2 Å². The second-order valence-corrected chi connectivity index (χ2v) is 14.2. The van der Waals surface area contributed by atoms with Crippen molar-refractivity contribution in [3.63, 3.8) is 0 Å². The quantitative estimate of drug-likeness (QED) is 0.155. The molecule has 0 spiro atoms. The Balaban J connectivity index is 2.25. The normalized spacial score (nSPS) is 12.2. The van der Waals surface area contributed by atoms with Crippen LogP contribution in [0.4, 0.5) is 0 Å². The van der Waals surface area contributed by atoms with E-state index in [0.717, 1.165) is 6.42 Å². The van der Waals surface area contributed by atoms with Crippen molar-refractivity contribution in [1.29, 1.82) is 0 Å². The molecule has 0 aliphatic heterocycles. The summed E-state index contributed by atoms with van der Waals surface area (Å²) in [5, 5.41) is 0. The number of unbranched alkanes of at least 4 members (excludes halogenated alkanes) is 7. The van der Waals surface area contributed by atoms with E-state index >= 15 is 0 Å². The van der Waals surface area contributed by atoms with Gasteiger partial charge in [-0.2, -0.15) is 0 Å². The van der Waals surface area contributed by atoms with Gasteiger partial charge < -0.3 is 0 Å². The maximum atomic E-state index is 2.58. The molecule has 3 aromatic carbocycles. The van der Waals surface area contributed by atoms with Gasteiger partial charge >= 0.3 is 0 Å². The fourth-order valence-electron chi connectivity index (χ4n) is 7.10. The summed E-state index contributed by atoms with van der Waals surface area (Å²) in [4.78, 5) is 0. The second-order valence-electron chi connectivity index (χ2n) is 14.2. The van der Waals surface area contributed by atoms with Crippen LogP contribution in [0.1, 0.15) is 145 Å². The minimum atomic E-state index is -0.0747. The molecule has 0 heteroatoms. The Labute approximate surface area is 254 Å². The third-order valence-corrected chi connectivity index (χ3v) is 9.39. The van der Waals surface area contributed by atoms with E-state index in [0.29, 0.717) is 0 Å². The first kappa shape index (κ1) is 33.2. The number of benzene rings is 3. The lowest BCUT2D eigenvalue weighted by Crippen LogP contribution is -2.27. The van der Waals surface area contributed by atoms with Gasteiger partial charge in [0.2, 0.25) is 0 Å². The topological polar surface area (TPSA) is 0 Å². The first-order valence-corrected chi connectivity index (χ1v) is 16.8. The average molecular weight is 553 g/mol. The smallest absolute Gasteiger partial charge is 0.0152 e. The first-order valence-electron chi connectivity index (χ1n) is 16.8. The maximum absolute atomic E-state index is 2.58. The van der Waals surface area contributed by atoms with Gasteiger partial charge in [0, 0.05) is 5.41 Å². The molecule has 0 unspecified atom stereocenters. The molecule has 0 radical (unpaired) electrons. The third-order valence-electron chi connectivity index (χ3n) is 9.39. The second kappa shape index (κ2) is 15.2. The first-order chi connectivity index (χ1) is 19.5. The van der Waals surface area contributed by atoms with E-state index in [1.54, 1.807) is 16.7 Å². The Hall–Kier alpha value is -2.34. The molecule has 0 nitrogen and oxygen atoms in total. The average Bonchev–Trinajstić information content (AvgIpc) is 2.91. The van der Waals surface area contributed by atoms with Crippen LogP contribution in [0.3, 0.4) is 0 Å². The molecule has 0 aromatic heterocycles. The summed E-state index contributed by atoms with van der Waals surface area (Å²) in [6.45, 7) is 21.5. The fourth-order valence-corrected chi connectivity index (χ4v) is 7.10. The zero-order valence-electron chi connectivity index (χ0n) is 28.2. The fraction of sp³-hybridized carbons (Fsp3) is 0.561. The van der Waals surface area contributed by atoms with E-state index in [4.69, 9.17) is 0 Å². The van der Waals surface area contributed by atoms with Crippen LogP contribution in [-0.4, -0.2) is 0 Å². The summed E-state index contributed by atoms with van der Waals surface area (Å²) in [6, 6.07) is 21.0. The van der Waals surface area contributed by atoms with Gasteiger partial charge in [0.05, 0.1) is 0 Å². The zero-order valence-corrected chi connectivity index (χ0v) is 28.2. The lowest BCUT2D eigenvalue weighted by atomic mass is 9.67. The summed E-state index contributed by atoms with van der Waals surface area (Å²) < 4.78 is 0. The molecular weight excluding hydrogens is 492 g/mol. The molecule has 0 N–H and O–H groups in total. The molecule has 3 rings (SSSR count). The molecule has 0 fully saturated rings. The molecule has 3 aromatic rings. The minimum absolute atomic E-state index is 0.0747. The highest BCUT2D eigenvalue weighted by Gasteiger charge is 2.33. The molecular formula is C41H60. The van der Waals surface area contributed by atoms with E-state index in [1.165, 1.54) is 104 Å². The predicted molar refractivity (Wildman–Crippen MR) is 183 cm³/mol. The predicted octanol–water partition coefficient (Wildman–Crippen LogP) is 12.7. The molecule has 0 saturated heterocycles. The van der Waals surface area contributed by atoms with Gasteiger partial charge in [-0.3, -0.25) is 0 Å². The van der Waals surface area contributed by atoms with Crippen LogP contribution < -0.4 is 0 Å². The number of hydrogen-bond acceptors (Lipinski definition) is 0. The van der Waals surface area contributed by atoms with Crippen LogP contribution in [0.25, 0.3) is 11.1 Å². The van der Waals surface area contributed by atoms with Crippen molar-refractivity contribution in [1.82, 2.24) is 0 Å². The standard InChI is InChI=1S/C41H60/c1-10-12-14-15-16-18-22-34-29-33(5)38(36-26-25-31(3)28-32(36)4)37(30-40(6,7)27-21-13-11-2)39(34)41(8,9)35-23-19-17-20-24-35/h17,19-20,23-26,28-29H,10-16,18,21-22,27,30H2,1-9H3. The highest BCUT2D eigenvalue weighted by molar-refractivity contribution is 5.77. The van der Waals surface area contributed by atoms with E-state index < -0.39 is 0 Å². The maximum Gasteiger partial charge on any atom is 0.0152 e. The SMILES string of the molecule is CCCCCCCCc1cc(C)c(-c2ccc(C)cc2C)c(CC(C)(C)CCCCC)c1C(C)(C)c1ccccc1. The van der Waals surface area contributed by atoms with E-state index in [-0.39, 0.29) is 10.8 Å². The molecule has 0 saturated carbocycles. The van der Waals surface area contributed by atoms with E-state index in [2.05, 4.69) is 117 Å². The highest BCUT2D eigenvalue weighted by atomic mass is 14.4. The summed E-state index contributed by atoms with van der Waals surface area (Å²) in [5.41, 5.74) is 13.5. The van der Waals surface area contributed by atoms with Gasteiger partial charge in [-0.05, 0) is 96.4 Å². The molecule has 0 amide bonds. The van der Waals surface area contributed by atoms with Crippen LogP contribution in [0.15, 0.2) is 54.6 Å². The number of rotatable bonds is 16. The Bertz CT molecular complexity index is 1220. The molecule has 0 aliphatic carbocycles. The van der Waals surface area contributed by atoms with Crippen molar-refractivity contribution in [2.45, 2.75) is 145 Å². The minimum Gasteiger partial charge on any atom is -0.0654 e. The van der Waals surface area contributed by atoms with Crippen molar-refractivity contribution in [2.75, 3.05) is 0 Å². The Morgan fingerprint density at radius 1 is 0.634 bits per heavy atom. The van der Waals surface area contributed by atoms with Crippen molar-refractivity contribution in [2.24, 2.45) is 5.41 Å². The summed E-state index contributed by atoms with van der Waals surface area (Å²) >= 11 is 0. The lowest BCUT2D eigenvalue weighted by Gasteiger charge is -2.37. The molecule has 0 atom stereocenters. The number of hydrogen-bond donors (Lipinski definition) is 0. The van der Waals surface area contributed by atoms with Gasteiger partial charge in [-0.15, -0.1) is 0 Å². The molecule has 0 bridgehead atoms. The molecule has 41 heavy (non-hydrogen) atoms. The summed E-state index contributed by atoms with van der Waals surface area (Å²) in [6.07, 6.45) is 15.5. The van der Waals surface area contributed by atoms with Crippen LogP contribution in [-0.2, 0) is 18.3 Å². The van der Waals surface area contributed by atoms with Crippen LogP contribution in [0.2, 0.25) is 0 Å². The van der Waals surface area contributed by atoms with E-state index in [9.17, 15) is 0 Å². The Morgan fingerprint density at radius 3 is 1.93 bits per heavy atom. The number of aryl methyl sites for hydroxylation is 4. The van der Waals surface area contributed by atoms with Crippen molar-refractivity contribution in [3.05, 3.63) is 93.5 Å². The summed E-state index contributed by atoms with van der Waals surface area (Å²) in [5.74, 6) is 0. The van der Waals surface area contributed by atoms with Crippen LogP contribution in [0.5, 0.6) is 0 Å². The van der Waals surface area contributed by atoms with Gasteiger partial charge in [0.25, 0.3) is 0 Å². The Kier molecular flexibility index (Phi) is 12.3. The molecule has 224 valence electrons. The largest absolute Gasteiger partial charge is 0.0654 e. The van der Waals surface area contributed by atoms with Gasteiger partial charge in [0.1, 0.15) is 0 Å². The molecule has 0 aliphatic rings. The van der Waals surface area contributed by atoms with Gasteiger partial charge in [-0.25, -0.2) is 0 Å². The van der Waals surface area contributed by atoms with Crippen LogP contribution >= 0.6 is 0 Å². The van der Waals surface area contributed by atoms with Crippen molar-refractivity contribution in [3.8, 4) is 11.1 Å². The van der Waals surface area contributed by atoms with Crippen molar-refractivity contribution < 1.29 is 0 Å². The Morgan fingerprint density at radius 2 is 1.27 bits per heavy atom. The van der Waals surface area contributed by atoms with Gasteiger partial charge in [-0.1, -0.05) is 153 Å². The monoisotopic (exact) mass is 552 g/mol. The molecule has 0 heterocycles. The lowest BCUT2D eigenvalue weighted by molar-refractivity contribution is 0.316. The highest BCUT2D eigenvalue weighted by Crippen LogP contribution is 2.45. The zero-order chi connectivity index (χ0) is 30.0. The van der Waals surface area contributed by atoms with Crippen molar-refractivity contribution >= 4 is 0 Å².